The largest absolute Gasteiger partial charge is 0.371 e. The number of nitrogens with zero attached hydrogens (tertiary/aromatic N) is 1. The Labute approximate surface area is 109 Å². The Kier molecular flexibility index (Phi) is 3.92. The Morgan fingerprint density at radius 1 is 1.22 bits per heavy atom. The van der Waals surface area contributed by atoms with Crippen LogP contribution < -0.4 is 9.62 Å². The molecule has 1 heterocycles. The normalized spacial score (nSPS) is 16.5. The highest BCUT2D eigenvalue weighted by atomic mass is 32.2. The number of hydrogen-bond acceptors (Lipinski definition) is 3. The van der Waals surface area contributed by atoms with Crippen LogP contribution in [0.4, 0.5) is 5.69 Å². The zero-order valence-electron chi connectivity index (χ0n) is 10.9. The van der Waals surface area contributed by atoms with Crippen molar-refractivity contribution in [2.24, 2.45) is 0 Å². The van der Waals surface area contributed by atoms with Gasteiger partial charge in [0.2, 0.25) is 10.0 Å². The average molecular weight is 268 g/mol. The lowest BCUT2D eigenvalue weighted by molar-refractivity contribution is 0.570. The van der Waals surface area contributed by atoms with E-state index in [2.05, 4.69) is 9.62 Å². The Bertz CT molecular complexity index is 505. The molecule has 1 aliphatic rings. The highest BCUT2D eigenvalue weighted by molar-refractivity contribution is 7.89. The van der Waals surface area contributed by atoms with Gasteiger partial charge in [-0.1, -0.05) is 6.07 Å². The van der Waals surface area contributed by atoms with Gasteiger partial charge in [-0.05, 0) is 44.9 Å². The Hall–Kier alpha value is -1.07. The fraction of sp³-hybridized carbons (Fsp3) is 0.538. The van der Waals surface area contributed by atoms with Gasteiger partial charge in [0.25, 0.3) is 0 Å². The van der Waals surface area contributed by atoms with Crippen molar-refractivity contribution in [3.8, 4) is 0 Å². The Morgan fingerprint density at radius 2 is 1.89 bits per heavy atom. The van der Waals surface area contributed by atoms with Crippen molar-refractivity contribution in [1.29, 1.82) is 0 Å². The highest BCUT2D eigenvalue weighted by Crippen LogP contribution is 2.23. The van der Waals surface area contributed by atoms with Gasteiger partial charge in [-0.15, -0.1) is 0 Å². The lowest BCUT2D eigenvalue weighted by Crippen LogP contribution is -2.30. The van der Waals surface area contributed by atoms with E-state index in [0.29, 0.717) is 4.90 Å². The molecule has 1 aliphatic heterocycles. The van der Waals surface area contributed by atoms with E-state index in [1.54, 1.807) is 12.1 Å². The van der Waals surface area contributed by atoms with Gasteiger partial charge in [0.15, 0.2) is 0 Å². The monoisotopic (exact) mass is 268 g/mol. The second-order valence-electron chi connectivity index (χ2n) is 4.97. The Balaban J connectivity index is 2.26. The van der Waals surface area contributed by atoms with Crippen LogP contribution >= 0.6 is 0 Å². The van der Waals surface area contributed by atoms with E-state index in [1.165, 1.54) is 12.8 Å². The molecule has 1 aromatic carbocycles. The summed E-state index contributed by atoms with van der Waals surface area (Å²) in [4.78, 5) is 2.58. The van der Waals surface area contributed by atoms with Gasteiger partial charge in [-0.3, -0.25) is 0 Å². The summed E-state index contributed by atoms with van der Waals surface area (Å²) in [6.45, 7) is 5.67. The van der Waals surface area contributed by atoms with Crippen molar-refractivity contribution in [1.82, 2.24) is 4.72 Å². The molecule has 0 unspecified atom stereocenters. The number of rotatable bonds is 4. The first-order valence-corrected chi connectivity index (χ1v) is 7.85. The fourth-order valence-corrected chi connectivity index (χ4v) is 3.49. The minimum absolute atomic E-state index is 0.0922. The molecule has 1 saturated heterocycles. The van der Waals surface area contributed by atoms with E-state index >= 15 is 0 Å². The zero-order chi connectivity index (χ0) is 13.2. The molecule has 0 saturated carbocycles. The minimum Gasteiger partial charge on any atom is -0.371 e. The number of benzene rings is 1. The summed E-state index contributed by atoms with van der Waals surface area (Å²) in [5.74, 6) is 0. The lowest BCUT2D eigenvalue weighted by Gasteiger charge is -2.18. The van der Waals surface area contributed by atoms with Crippen LogP contribution in [0.1, 0.15) is 26.7 Å². The van der Waals surface area contributed by atoms with Crippen molar-refractivity contribution in [3.63, 3.8) is 0 Å². The topological polar surface area (TPSA) is 49.4 Å². The van der Waals surface area contributed by atoms with Crippen LogP contribution in [0.15, 0.2) is 29.2 Å². The van der Waals surface area contributed by atoms with Gasteiger partial charge in [0.05, 0.1) is 4.90 Å². The fourth-order valence-electron chi connectivity index (χ4n) is 2.20. The second-order valence-corrected chi connectivity index (χ2v) is 6.68. The van der Waals surface area contributed by atoms with Gasteiger partial charge >= 0.3 is 0 Å². The highest BCUT2D eigenvalue weighted by Gasteiger charge is 2.18. The molecule has 1 N–H and O–H groups in total. The van der Waals surface area contributed by atoms with Crippen LogP contribution in [0, 0.1) is 0 Å². The lowest BCUT2D eigenvalue weighted by atomic mass is 10.3. The van der Waals surface area contributed by atoms with Crippen molar-refractivity contribution in [2.45, 2.75) is 37.6 Å². The number of hydrogen-bond donors (Lipinski definition) is 1. The molecule has 0 atom stereocenters. The van der Waals surface area contributed by atoms with Gasteiger partial charge in [-0.25, -0.2) is 13.1 Å². The van der Waals surface area contributed by atoms with E-state index in [1.807, 2.05) is 26.0 Å². The summed E-state index contributed by atoms with van der Waals surface area (Å²) in [5.41, 5.74) is 0.999. The first-order chi connectivity index (χ1) is 8.49. The van der Waals surface area contributed by atoms with Crippen LogP contribution in [0.2, 0.25) is 0 Å². The molecule has 0 amide bonds. The second kappa shape index (κ2) is 5.28. The third-order valence-electron chi connectivity index (χ3n) is 2.99. The Morgan fingerprint density at radius 3 is 2.50 bits per heavy atom. The first-order valence-electron chi connectivity index (χ1n) is 6.36. The molecule has 4 nitrogen and oxygen atoms in total. The molecular weight excluding hydrogens is 248 g/mol. The predicted octanol–water partition coefficient (Wildman–Crippen LogP) is 1.97. The molecule has 5 heteroatoms. The summed E-state index contributed by atoms with van der Waals surface area (Å²) in [6, 6.07) is 7.09. The summed E-state index contributed by atoms with van der Waals surface area (Å²) < 4.78 is 26.8. The van der Waals surface area contributed by atoms with Crippen molar-refractivity contribution >= 4 is 15.7 Å². The van der Waals surface area contributed by atoms with Gasteiger partial charge in [0, 0.05) is 24.8 Å². The van der Waals surface area contributed by atoms with Crippen LogP contribution in [0.25, 0.3) is 0 Å². The minimum atomic E-state index is -3.39. The molecular formula is C13H20N2O2S. The molecule has 100 valence electrons. The summed E-state index contributed by atoms with van der Waals surface area (Å²) in [5, 5.41) is 0. The first kappa shape index (κ1) is 13.4. The van der Waals surface area contributed by atoms with Gasteiger partial charge in [-0.2, -0.15) is 0 Å². The SMILES string of the molecule is CC(C)NS(=O)(=O)c1cccc(N2CCCC2)c1. The molecule has 0 aliphatic carbocycles. The molecule has 0 spiro atoms. The molecule has 1 aromatic rings. The van der Waals surface area contributed by atoms with Gasteiger partial charge < -0.3 is 4.90 Å². The van der Waals surface area contributed by atoms with Crippen LogP contribution in [0.3, 0.4) is 0 Å². The van der Waals surface area contributed by atoms with Crippen LogP contribution in [-0.4, -0.2) is 27.5 Å². The van der Waals surface area contributed by atoms with Crippen LogP contribution in [-0.2, 0) is 10.0 Å². The van der Waals surface area contributed by atoms with Crippen LogP contribution in [0.5, 0.6) is 0 Å². The van der Waals surface area contributed by atoms with Crippen molar-refractivity contribution in [3.05, 3.63) is 24.3 Å². The summed E-state index contributed by atoms with van der Waals surface area (Å²) >= 11 is 0. The number of nitrogens with one attached hydrogen (secondary N) is 1. The maximum absolute atomic E-state index is 12.1. The van der Waals surface area contributed by atoms with E-state index in [0.717, 1.165) is 18.8 Å². The average Bonchev–Trinajstić information content (AvgIpc) is 2.81. The van der Waals surface area contributed by atoms with E-state index in [9.17, 15) is 8.42 Å². The molecule has 1 fully saturated rings. The zero-order valence-corrected chi connectivity index (χ0v) is 11.7. The van der Waals surface area contributed by atoms with E-state index < -0.39 is 10.0 Å². The summed E-state index contributed by atoms with van der Waals surface area (Å²) in [7, 11) is -3.39. The maximum atomic E-state index is 12.1. The standard InChI is InChI=1S/C13H20N2O2S/c1-11(2)14-18(16,17)13-7-5-6-12(10-13)15-8-3-4-9-15/h5-7,10-11,14H,3-4,8-9H2,1-2H3. The third-order valence-corrected chi connectivity index (χ3v) is 4.65. The molecule has 0 aromatic heterocycles. The van der Waals surface area contributed by atoms with Crippen molar-refractivity contribution < 1.29 is 8.42 Å². The number of anilines is 1. The number of sulfonamides is 1. The quantitative estimate of drug-likeness (QED) is 0.908. The maximum Gasteiger partial charge on any atom is 0.240 e. The molecule has 0 radical (unpaired) electrons. The smallest absolute Gasteiger partial charge is 0.240 e. The molecule has 2 rings (SSSR count). The summed E-state index contributed by atoms with van der Waals surface area (Å²) in [6.07, 6.45) is 2.36. The van der Waals surface area contributed by atoms with Gasteiger partial charge in [0.1, 0.15) is 0 Å². The molecule has 0 bridgehead atoms. The van der Waals surface area contributed by atoms with E-state index in [-0.39, 0.29) is 6.04 Å². The van der Waals surface area contributed by atoms with E-state index in [4.69, 9.17) is 0 Å². The molecule has 18 heavy (non-hydrogen) atoms. The third kappa shape index (κ3) is 3.03. The predicted molar refractivity (Wildman–Crippen MR) is 73.3 cm³/mol. The van der Waals surface area contributed by atoms with Crippen molar-refractivity contribution in [2.75, 3.05) is 18.0 Å².